The number of furan rings is 1. The van der Waals surface area contributed by atoms with Crippen molar-refractivity contribution in [1.29, 1.82) is 0 Å². The van der Waals surface area contributed by atoms with E-state index in [1.165, 1.54) is 19.3 Å². The molecule has 6 nitrogen and oxygen atoms in total. The molecule has 2 amide bonds. The molecule has 2 aromatic heterocycles. The monoisotopic (exact) mass is 351 g/mol. The summed E-state index contributed by atoms with van der Waals surface area (Å²) < 4.78 is 31.7. The topological polar surface area (TPSA) is 84.2 Å². The van der Waals surface area contributed by atoms with Crippen molar-refractivity contribution in [2.45, 2.75) is 13.0 Å². The highest BCUT2D eigenvalue weighted by Gasteiger charge is 2.19. The van der Waals surface area contributed by atoms with Gasteiger partial charge < -0.3 is 15.1 Å². The molecule has 9 heteroatoms. The molecule has 0 saturated carbocycles. The first kappa shape index (κ1) is 16.1. The van der Waals surface area contributed by atoms with E-state index in [0.29, 0.717) is 4.70 Å². The SMILES string of the molecule is CC(NC(=O)c1ccco1)C(=O)Nc1nc2cc(F)c(F)cc2s1. The maximum absolute atomic E-state index is 13.2. The molecule has 1 unspecified atom stereocenters. The van der Waals surface area contributed by atoms with Crippen LogP contribution in [0.3, 0.4) is 0 Å². The highest BCUT2D eigenvalue weighted by atomic mass is 32.1. The van der Waals surface area contributed by atoms with Crippen molar-refractivity contribution in [3.63, 3.8) is 0 Å². The molecule has 1 aromatic carbocycles. The van der Waals surface area contributed by atoms with Gasteiger partial charge >= 0.3 is 0 Å². The number of amides is 2. The number of benzene rings is 1. The molecule has 2 heterocycles. The lowest BCUT2D eigenvalue weighted by Crippen LogP contribution is -2.41. The number of halogens is 2. The van der Waals surface area contributed by atoms with Gasteiger partial charge in [0.05, 0.1) is 16.5 Å². The van der Waals surface area contributed by atoms with Crippen LogP contribution in [0.25, 0.3) is 10.2 Å². The molecule has 124 valence electrons. The third kappa shape index (κ3) is 3.25. The second-order valence-corrected chi connectivity index (χ2v) is 5.95. The molecule has 3 rings (SSSR count). The molecule has 0 aliphatic heterocycles. The summed E-state index contributed by atoms with van der Waals surface area (Å²) in [6, 6.07) is 4.14. The molecule has 2 N–H and O–H groups in total. The summed E-state index contributed by atoms with van der Waals surface area (Å²) in [5.41, 5.74) is 0.237. The van der Waals surface area contributed by atoms with Gasteiger partial charge in [-0.2, -0.15) is 0 Å². The Kier molecular flexibility index (Phi) is 4.26. The summed E-state index contributed by atoms with van der Waals surface area (Å²) in [5, 5.41) is 5.15. The summed E-state index contributed by atoms with van der Waals surface area (Å²) in [4.78, 5) is 27.9. The van der Waals surface area contributed by atoms with Crippen LogP contribution in [-0.2, 0) is 4.79 Å². The Morgan fingerprint density at radius 2 is 2.04 bits per heavy atom. The number of rotatable bonds is 4. The van der Waals surface area contributed by atoms with Gasteiger partial charge in [0.2, 0.25) is 5.91 Å². The number of anilines is 1. The predicted octanol–water partition coefficient (Wildman–Crippen LogP) is 2.92. The number of hydrogen-bond acceptors (Lipinski definition) is 5. The van der Waals surface area contributed by atoms with E-state index < -0.39 is 29.5 Å². The minimum Gasteiger partial charge on any atom is -0.459 e. The zero-order valence-corrected chi connectivity index (χ0v) is 13.1. The number of carbonyl (C=O) groups is 2. The fourth-order valence-electron chi connectivity index (χ4n) is 1.93. The average molecular weight is 351 g/mol. The molecule has 24 heavy (non-hydrogen) atoms. The molecule has 0 spiro atoms. The summed E-state index contributed by atoms with van der Waals surface area (Å²) in [5.74, 6) is -2.96. The third-order valence-corrected chi connectivity index (χ3v) is 4.08. The fraction of sp³-hybridized carbons (Fsp3) is 0.133. The van der Waals surface area contributed by atoms with Gasteiger partial charge in [-0.15, -0.1) is 0 Å². The molecule has 0 radical (unpaired) electrons. The van der Waals surface area contributed by atoms with Crippen LogP contribution >= 0.6 is 11.3 Å². The van der Waals surface area contributed by atoms with E-state index in [1.807, 2.05) is 0 Å². The van der Waals surface area contributed by atoms with Crippen LogP contribution in [0.1, 0.15) is 17.5 Å². The number of thiazole rings is 1. The molecule has 0 bridgehead atoms. The molecule has 0 aliphatic carbocycles. The quantitative estimate of drug-likeness (QED) is 0.757. The van der Waals surface area contributed by atoms with E-state index in [9.17, 15) is 18.4 Å². The Morgan fingerprint density at radius 3 is 2.75 bits per heavy atom. The van der Waals surface area contributed by atoms with Crippen molar-refractivity contribution in [2.24, 2.45) is 0 Å². The minimum atomic E-state index is -1.01. The summed E-state index contributed by atoms with van der Waals surface area (Å²) in [6.07, 6.45) is 1.35. The maximum atomic E-state index is 13.2. The normalized spacial score (nSPS) is 12.1. The number of carbonyl (C=O) groups excluding carboxylic acids is 2. The molecular formula is C15H11F2N3O3S. The van der Waals surface area contributed by atoms with Crippen LogP contribution in [0.15, 0.2) is 34.9 Å². The summed E-state index contributed by atoms with van der Waals surface area (Å²) >= 11 is 1.00. The highest BCUT2D eigenvalue weighted by molar-refractivity contribution is 7.22. The van der Waals surface area contributed by atoms with Crippen molar-refractivity contribution in [2.75, 3.05) is 5.32 Å². The molecule has 0 saturated heterocycles. The first-order valence-corrected chi connectivity index (χ1v) is 7.66. The van der Waals surface area contributed by atoms with Crippen molar-refractivity contribution < 1.29 is 22.8 Å². The predicted molar refractivity (Wildman–Crippen MR) is 83.8 cm³/mol. The van der Waals surface area contributed by atoms with Crippen molar-refractivity contribution in [3.05, 3.63) is 47.9 Å². The van der Waals surface area contributed by atoms with E-state index >= 15 is 0 Å². The summed E-state index contributed by atoms with van der Waals surface area (Å²) in [7, 11) is 0. The standard InChI is InChI=1S/C15H11F2N3O3S/c1-7(18-14(22)11-3-2-4-23-11)13(21)20-15-19-10-5-8(16)9(17)6-12(10)24-15/h2-7H,1H3,(H,18,22)(H,19,20,21). The fourth-order valence-corrected chi connectivity index (χ4v) is 2.81. The number of fused-ring (bicyclic) bond motifs is 1. The second kappa shape index (κ2) is 6.36. The van der Waals surface area contributed by atoms with Crippen molar-refractivity contribution >= 4 is 38.5 Å². The summed E-state index contributed by atoms with van der Waals surface area (Å²) in [6.45, 7) is 1.49. The van der Waals surface area contributed by atoms with Crippen molar-refractivity contribution in [3.8, 4) is 0 Å². The molecule has 0 aliphatic rings. The smallest absolute Gasteiger partial charge is 0.287 e. The van der Waals surface area contributed by atoms with Crippen LogP contribution in [-0.4, -0.2) is 22.8 Å². The molecule has 3 aromatic rings. The van der Waals surface area contributed by atoms with Crippen LogP contribution < -0.4 is 10.6 Å². The largest absolute Gasteiger partial charge is 0.459 e. The minimum absolute atomic E-state index is 0.0839. The van der Waals surface area contributed by atoms with Gasteiger partial charge in [0, 0.05) is 6.07 Å². The molecule has 1 atom stereocenters. The Labute approximate surface area is 138 Å². The Balaban J connectivity index is 1.68. The van der Waals surface area contributed by atoms with Crippen molar-refractivity contribution in [1.82, 2.24) is 10.3 Å². The number of nitrogens with one attached hydrogen (secondary N) is 2. The number of hydrogen-bond donors (Lipinski definition) is 2. The molecule has 0 fully saturated rings. The van der Waals surface area contributed by atoms with Gasteiger partial charge in [0.1, 0.15) is 6.04 Å². The van der Waals surface area contributed by atoms with E-state index in [0.717, 1.165) is 23.5 Å². The molecular weight excluding hydrogens is 340 g/mol. The lowest BCUT2D eigenvalue weighted by molar-refractivity contribution is -0.117. The zero-order valence-electron chi connectivity index (χ0n) is 12.3. The van der Waals surface area contributed by atoms with Gasteiger partial charge in [-0.3, -0.25) is 9.59 Å². The number of aromatic nitrogens is 1. The lowest BCUT2D eigenvalue weighted by atomic mass is 10.3. The Hall–Kier alpha value is -2.81. The van der Waals surface area contributed by atoms with Gasteiger partial charge in [-0.05, 0) is 25.1 Å². The second-order valence-electron chi connectivity index (χ2n) is 4.91. The Bertz CT molecular complexity index is 869. The lowest BCUT2D eigenvalue weighted by Gasteiger charge is -2.11. The zero-order chi connectivity index (χ0) is 17.3. The Morgan fingerprint density at radius 1 is 1.29 bits per heavy atom. The van der Waals surface area contributed by atoms with Crippen LogP contribution in [0.5, 0.6) is 0 Å². The van der Waals surface area contributed by atoms with Crippen LogP contribution in [0.2, 0.25) is 0 Å². The van der Waals surface area contributed by atoms with E-state index in [1.54, 1.807) is 6.07 Å². The third-order valence-electron chi connectivity index (χ3n) is 3.15. The van der Waals surface area contributed by atoms with E-state index in [4.69, 9.17) is 4.42 Å². The van der Waals surface area contributed by atoms with E-state index in [2.05, 4.69) is 15.6 Å². The van der Waals surface area contributed by atoms with Crippen LogP contribution in [0, 0.1) is 11.6 Å². The van der Waals surface area contributed by atoms with E-state index in [-0.39, 0.29) is 16.4 Å². The number of nitrogens with zero attached hydrogens (tertiary/aromatic N) is 1. The first-order chi connectivity index (χ1) is 11.4. The van der Waals surface area contributed by atoms with Gasteiger partial charge in [0.25, 0.3) is 5.91 Å². The first-order valence-electron chi connectivity index (χ1n) is 6.85. The van der Waals surface area contributed by atoms with Gasteiger partial charge in [-0.1, -0.05) is 11.3 Å². The maximum Gasteiger partial charge on any atom is 0.287 e. The highest BCUT2D eigenvalue weighted by Crippen LogP contribution is 2.27. The van der Waals surface area contributed by atoms with Gasteiger partial charge in [0.15, 0.2) is 22.5 Å². The van der Waals surface area contributed by atoms with Crippen LogP contribution in [0.4, 0.5) is 13.9 Å². The average Bonchev–Trinajstić information content (AvgIpc) is 3.17. The van der Waals surface area contributed by atoms with Gasteiger partial charge in [-0.25, -0.2) is 13.8 Å².